The Kier molecular flexibility index (Phi) is 4.48. The number of hydrogen-bond acceptors (Lipinski definition) is 2. The monoisotopic (exact) mass is 304 g/mol. The van der Waals surface area contributed by atoms with Crippen LogP contribution in [0.2, 0.25) is 0 Å². The van der Waals surface area contributed by atoms with Crippen LogP contribution in [0.5, 0.6) is 0 Å². The topological polar surface area (TPSA) is 32.3 Å². The maximum absolute atomic E-state index is 14.0. The Morgan fingerprint density at radius 1 is 1.27 bits per heavy atom. The third-order valence-electron chi connectivity index (χ3n) is 5.15. The molecule has 2 fully saturated rings. The van der Waals surface area contributed by atoms with Crippen molar-refractivity contribution in [3.8, 4) is 0 Å². The highest BCUT2D eigenvalue weighted by Gasteiger charge is 2.52. The van der Waals surface area contributed by atoms with E-state index in [0.29, 0.717) is 18.2 Å². The van der Waals surface area contributed by atoms with E-state index in [0.717, 1.165) is 25.9 Å². The predicted molar refractivity (Wildman–Crippen MR) is 85.2 cm³/mol. The fourth-order valence-corrected chi connectivity index (χ4v) is 3.49. The van der Waals surface area contributed by atoms with Crippen molar-refractivity contribution < 1.29 is 9.18 Å². The van der Waals surface area contributed by atoms with Gasteiger partial charge in [-0.3, -0.25) is 9.69 Å². The Morgan fingerprint density at radius 2 is 1.95 bits per heavy atom. The van der Waals surface area contributed by atoms with Crippen LogP contribution < -0.4 is 5.32 Å². The zero-order valence-electron chi connectivity index (χ0n) is 13.3. The molecule has 120 valence electrons. The molecular formula is C18H25FN2O. The van der Waals surface area contributed by atoms with Crippen LogP contribution in [0.15, 0.2) is 24.3 Å². The van der Waals surface area contributed by atoms with Crippen molar-refractivity contribution in [3.63, 3.8) is 0 Å². The minimum atomic E-state index is -0.618. The van der Waals surface area contributed by atoms with E-state index in [1.54, 1.807) is 12.1 Å². The van der Waals surface area contributed by atoms with Crippen molar-refractivity contribution in [2.75, 3.05) is 19.6 Å². The summed E-state index contributed by atoms with van der Waals surface area (Å²) >= 11 is 0. The molecule has 3 rings (SSSR count). The lowest BCUT2D eigenvalue weighted by Crippen LogP contribution is -2.46. The molecule has 1 aliphatic heterocycles. The molecule has 1 unspecified atom stereocenters. The van der Waals surface area contributed by atoms with E-state index in [-0.39, 0.29) is 11.7 Å². The molecule has 1 amide bonds. The average Bonchev–Trinajstić information content (AvgIpc) is 3.35. The van der Waals surface area contributed by atoms with E-state index >= 15 is 0 Å². The maximum atomic E-state index is 14.0. The fraction of sp³-hybridized carbons (Fsp3) is 0.611. The summed E-state index contributed by atoms with van der Waals surface area (Å²) in [5.74, 6) is -0.277. The zero-order chi connectivity index (χ0) is 15.6. The van der Waals surface area contributed by atoms with Crippen LogP contribution in [0.3, 0.4) is 0 Å². The van der Waals surface area contributed by atoms with Gasteiger partial charge in [0.15, 0.2) is 0 Å². The lowest BCUT2D eigenvalue weighted by Gasteiger charge is -2.32. The SMILES string of the molecule is CC(CNC(=O)C1(c2ccccc2F)CC1)N1CCCCC1. The van der Waals surface area contributed by atoms with E-state index < -0.39 is 5.41 Å². The molecule has 1 aromatic rings. The standard InChI is InChI=1S/C18H25FN2O/c1-14(21-11-5-2-6-12-21)13-20-17(22)18(9-10-18)15-7-3-4-8-16(15)19/h3-4,7-8,14H,2,5-6,9-13H2,1H3,(H,20,22). The van der Waals surface area contributed by atoms with Crippen LogP contribution in [-0.4, -0.2) is 36.5 Å². The van der Waals surface area contributed by atoms with Crippen LogP contribution in [0, 0.1) is 5.82 Å². The molecule has 1 heterocycles. The second-order valence-electron chi connectivity index (χ2n) is 6.72. The zero-order valence-corrected chi connectivity index (χ0v) is 13.3. The first-order chi connectivity index (χ1) is 10.6. The molecule has 1 aliphatic carbocycles. The molecule has 0 radical (unpaired) electrons. The predicted octanol–water partition coefficient (Wildman–Crippen LogP) is 2.85. The molecule has 1 saturated carbocycles. The van der Waals surface area contributed by atoms with Gasteiger partial charge in [-0.05, 0) is 51.8 Å². The molecule has 4 heteroatoms. The Morgan fingerprint density at radius 3 is 2.59 bits per heavy atom. The number of halogens is 1. The van der Waals surface area contributed by atoms with E-state index in [2.05, 4.69) is 17.1 Å². The largest absolute Gasteiger partial charge is 0.354 e. The molecule has 1 aromatic carbocycles. The van der Waals surface area contributed by atoms with Crippen molar-refractivity contribution in [2.45, 2.75) is 50.5 Å². The first-order valence-corrected chi connectivity index (χ1v) is 8.41. The van der Waals surface area contributed by atoms with Crippen molar-refractivity contribution in [1.29, 1.82) is 0 Å². The van der Waals surface area contributed by atoms with E-state index in [1.807, 2.05) is 6.07 Å². The molecule has 0 bridgehead atoms. The first kappa shape index (κ1) is 15.5. The highest BCUT2D eigenvalue weighted by Crippen LogP contribution is 2.49. The molecule has 0 aromatic heterocycles. The first-order valence-electron chi connectivity index (χ1n) is 8.41. The second kappa shape index (κ2) is 6.37. The highest BCUT2D eigenvalue weighted by atomic mass is 19.1. The Labute approximate surface area is 131 Å². The summed E-state index contributed by atoms with van der Waals surface area (Å²) in [4.78, 5) is 15.0. The van der Waals surface area contributed by atoms with Crippen LogP contribution in [0.1, 0.15) is 44.6 Å². The number of carbonyl (C=O) groups excluding carboxylic acids is 1. The number of piperidine rings is 1. The van der Waals surface area contributed by atoms with Gasteiger partial charge < -0.3 is 5.32 Å². The molecule has 1 saturated heterocycles. The second-order valence-corrected chi connectivity index (χ2v) is 6.72. The Hall–Kier alpha value is -1.42. The van der Waals surface area contributed by atoms with Gasteiger partial charge in [-0.1, -0.05) is 24.6 Å². The third kappa shape index (κ3) is 3.02. The summed E-state index contributed by atoms with van der Waals surface area (Å²) < 4.78 is 14.0. The minimum absolute atomic E-state index is 0.0125. The molecule has 1 atom stereocenters. The van der Waals surface area contributed by atoms with Gasteiger partial charge >= 0.3 is 0 Å². The molecule has 1 N–H and O–H groups in total. The number of nitrogens with one attached hydrogen (secondary N) is 1. The Bertz CT molecular complexity index is 536. The normalized spacial score (nSPS) is 22.1. The molecule has 22 heavy (non-hydrogen) atoms. The van der Waals surface area contributed by atoms with E-state index in [1.165, 1.54) is 25.3 Å². The van der Waals surface area contributed by atoms with Crippen LogP contribution in [-0.2, 0) is 10.2 Å². The summed E-state index contributed by atoms with van der Waals surface area (Å²) in [6.07, 6.45) is 5.30. The number of benzene rings is 1. The van der Waals surface area contributed by atoms with Crippen LogP contribution in [0.4, 0.5) is 4.39 Å². The number of likely N-dealkylation sites (tertiary alicyclic amines) is 1. The highest BCUT2D eigenvalue weighted by molar-refractivity contribution is 5.91. The van der Waals surface area contributed by atoms with E-state index in [4.69, 9.17) is 0 Å². The minimum Gasteiger partial charge on any atom is -0.354 e. The summed E-state index contributed by atoms with van der Waals surface area (Å²) in [5.41, 5.74) is -0.0643. The molecular weight excluding hydrogens is 279 g/mol. The number of amides is 1. The van der Waals surface area contributed by atoms with Crippen LogP contribution >= 0.6 is 0 Å². The van der Waals surface area contributed by atoms with Gasteiger partial charge in [-0.2, -0.15) is 0 Å². The lowest BCUT2D eigenvalue weighted by atomic mass is 9.94. The van der Waals surface area contributed by atoms with Gasteiger partial charge in [0.2, 0.25) is 5.91 Å². The van der Waals surface area contributed by atoms with Gasteiger partial charge in [-0.25, -0.2) is 4.39 Å². The van der Waals surface area contributed by atoms with Crippen LogP contribution in [0.25, 0.3) is 0 Å². The quantitative estimate of drug-likeness (QED) is 0.907. The summed E-state index contributed by atoms with van der Waals surface area (Å²) in [7, 11) is 0. The van der Waals surface area contributed by atoms with Crippen molar-refractivity contribution in [2.24, 2.45) is 0 Å². The maximum Gasteiger partial charge on any atom is 0.230 e. The molecule has 2 aliphatic rings. The van der Waals surface area contributed by atoms with Crippen molar-refractivity contribution in [3.05, 3.63) is 35.6 Å². The molecule has 3 nitrogen and oxygen atoms in total. The average molecular weight is 304 g/mol. The molecule has 0 spiro atoms. The summed E-state index contributed by atoms with van der Waals surface area (Å²) in [6, 6.07) is 7.02. The van der Waals surface area contributed by atoms with Gasteiger partial charge in [-0.15, -0.1) is 0 Å². The third-order valence-corrected chi connectivity index (χ3v) is 5.15. The smallest absolute Gasteiger partial charge is 0.230 e. The number of carbonyl (C=O) groups is 1. The number of rotatable bonds is 5. The number of nitrogens with zero attached hydrogens (tertiary/aromatic N) is 1. The van der Waals surface area contributed by atoms with Gasteiger partial charge in [0.05, 0.1) is 5.41 Å². The summed E-state index contributed by atoms with van der Waals surface area (Å²) in [6.45, 7) is 5.05. The number of hydrogen-bond donors (Lipinski definition) is 1. The van der Waals surface area contributed by atoms with Crippen molar-refractivity contribution >= 4 is 5.91 Å². The van der Waals surface area contributed by atoms with E-state index in [9.17, 15) is 9.18 Å². The Balaban J connectivity index is 1.59. The summed E-state index contributed by atoms with van der Waals surface area (Å²) in [5, 5.41) is 3.06. The lowest BCUT2D eigenvalue weighted by molar-refractivity contribution is -0.123. The fourth-order valence-electron chi connectivity index (χ4n) is 3.49. The van der Waals surface area contributed by atoms with Gasteiger partial charge in [0.25, 0.3) is 0 Å². The van der Waals surface area contributed by atoms with Gasteiger partial charge in [0, 0.05) is 18.2 Å². The van der Waals surface area contributed by atoms with Gasteiger partial charge in [0.1, 0.15) is 5.82 Å². The van der Waals surface area contributed by atoms with Crippen molar-refractivity contribution in [1.82, 2.24) is 10.2 Å².